The number of Topliss-reactive ketones (excluding diaryl/α,β-unsaturated/α-hetero) is 1. The van der Waals surface area contributed by atoms with Gasteiger partial charge in [-0.3, -0.25) is 9.59 Å². The molecule has 21 heavy (non-hydrogen) atoms. The van der Waals surface area contributed by atoms with E-state index in [1.807, 2.05) is 0 Å². The van der Waals surface area contributed by atoms with Gasteiger partial charge in [0.15, 0.2) is 0 Å². The van der Waals surface area contributed by atoms with Crippen LogP contribution in [-0.4, -0.2) is 68.9 Å². The van der Waals surface area contributed by atoms with Gasteiger partial charge in [-0.25, -0.2) is 9.59 Å². The average molecular weight is 306 g/mol. The molecule has 9 nitrogen and oxygen atoms in total. The van der Waals surface area contributed by atoms with Gasteiger partial charge in [0.25, 0.3) is 0 Å². The molecule has 9 heteroatoms. The van der Waals surface area contributed by atoms with Gasteiger partial charge in [-0.1, -0.05) is 0 Å². The number of carbonyl (C=O) groups is 4. The largest absolute Gasteiger partial charge is 0.476 e. The Kier molecular flexibility index (Phi) is 10.7. The maximum atomic E-state index is 11.1. The number of hydrogen-bond acceptors (Lipinski definition) is 8. The smallest absolute Gasteiger partial charge is 0.372 e. The molecule has 0 saturated carbocycles. The number of aliphatic carboxylic acids is 1. The van der Waals surface area contributed by atoms with E-state index in [1.165, 1.54) is 7.11 Å². The molecule has 0 aliphatic rings. The van der Waals surface area contributed by atoms with Crippen LogP contribution >= 0.6 is 0 Å². The number of carbonyl (C=O) groups excluding carboxylic acids is 3. The maximum absolute atomic E-state index is 11.1. The Morgan fingerprint density at radius 2 is 1.48 bits per heavy atom. The van der Waals surface area contributed by atoms with Crippen LogP contribution < -0.4 is 0 Å². The lowest BCUT2D eigenvalue weighted by Gasteiger charge is -2.06. The van der Waals surface area contributed by atoms with Gasteiger partial charge in [0, 0.05) is 6.42 Å². The standard InChI is InChI=1S/C12H18O9/c1-18-11(15)8-20-5-4-19-6-7-21-10(14)3-2-9(13)12(16)17/h2-8H2,1H3,(H,16,17). The van der Waals surface area contributed by atoms with Crippen molar-refractivity contribution in [2.45, 2.75) is 12.8 Å². The summed E-state index contributed by atoms with van der Waals surface area (Å²) in [5, 5.41) is 8.30. The first-order valence-corrected chi connectivity index (χ1v) is 6.11. The number of methoxy groups -OCH3 is 1. The van der Waals surface area contributed by atoms with Gasteiger partial charge in [0.1, 0.15) is 13.2 Å². The second kappa shape index (κ2) is 11.8. The number of carboxylic acids is 1. The summed E-state index contributed by atoms with van der Waals surface area (Å²) in [6.07, 6.45) is -0.677. The third-order valence-electron chi connectivity index (χ3n) is 2.11. The number of rotatable bonds is 12. The highest BCUT2D eigenvalue weighted by molar-refractivity contribution is 6.32. The van der Waals surface area contributed by atoms with Crippen molar-refractivity contribution in [3.05, 3.63) is 0 Å². The Balaban J connectivity index is 3.38. The zero-order valence-electron chi connectivity index (χ0n) is 11.7. The van der Waals surface area contributed by atoms with E-state index < -0.39 is 30.1 Å². The molecule has 0 rings (SSSR count). The molecule has 0 aromatic carbocycles. The topological polar surface area (TPSA) is 125 Å². The first kappa shape index (κ1) is 19.0. The van der Waals surface area contributed by atoms with Crippen LogP contribution in [0, 0.1) is 0 Å². The van der Waals surface area contributed by atoms with E-state index >= 15 is 0 Å². The summed E-state index contributed by atoms with van der Waals surface area (Å²) in [6, 6.07) is 0. The van der Waals surface area contributed by atoms with Crippen molar-refractivity contribution in [1.29, 1.82) is 0 Å². The first-order valence-electron chi connectivity index (χ1n) is 6.11. The third kappa shape index (κ3) is 11.5. The molecule has 0 spiro atoms. The fourth-order valence-corrected chi connectivity index (χ4v) is 1.04. The van der Waals surface area contributed by atoms with Crippen LogP contribution in [0.3, 0.4) is 0 Å². The number of ether oxygens (including phenoxy) is 4. The van der Waals surface area contributed by atoms with Crippen LogP contribution in [0.1, 0.15) is 12.8 Å². The summed E-state index contributed by atoms with van der Waals surface area (Å²) >= 11 is 0. The molecular formula is C12H18O9. The van der Waals surface area contributed by atoms with Crippen LogP contribution in [0.15, 0.2) is 0 Å². The molecule has 0 saturated heterocycles. The van der Waals surface area contributed by atoms with Gasteiger partial charge in [0.05, 0.1) is 33.4 Å². The Morgan fingerprint density at radius 1 is 0.857 bits per heavy atom. The van der Waals surface area contributed by atoms with Crippen LogP contribution in [-0.2, 0) is 38.1 Å². The highest BCUT2D eigenvalue weighted by Gasteiger charge is 2.14. The van der Waals surface area contributed by atoms with Crippen molar-refractivity contribution < 1.29 is 43.2 Å². The minimum absolute atomic E-state index is 0.0168. The van der Waals surface area contributed by atoms with E-state index in [0.717, 1.165) is 0 Å². The fourth-order valence-electron chi connectivity index (χ4n) is 1.04. The van der Waals surface area contributed by atoms with E-state index in [2.05, 4.69) is 4.74 Å². The fraction of sp³-hybridized carbons (Fsp3) is 0.667. The Morgan fingerprint density at radius 3 is 2.10 bits per heavy atom. The Bertz CT molecular complexity index is 364. The van der Waals surface area contributed by atoms with Gasteiger partial charge >= 0.3 is 17.9 Å². The molecule has 0 heterocycles. The van der Waals surface area contributed by atoms with Gasteiger partial charge in [-0.2, -0.15) is 0 Å². The van der Waals surface area contributed by atoms with Crippen molar-refractivity contribution in [1.82, 2.24) is 0 Å². The molecule has 0 aliphatic carbocycles. The molecule has 0 aromatic heterocycles. The number of hydrogen-bond donors (Lipinski definition) is 1. The molecule has 0 bridgehead atoms. The molecular weight excluding hydrogens is 288 g/mol. The average Bonchev–Trinajstić information content (AvgIpc) is 2.46. The lowest BCUT2D eigenvalue weighted by Crippen LogP contribution is -2.17. The lowest BCUT2D eigenvalue weighted by atomic mass is 10.2. The van der Waals surface area contributed by atoms with Crippen molar-refractivity contribution in [3.8, 4) is 0 Å². The van der Waals surface area contributed by atoms with E-state index in [4.69, 9.17) is 19.3 Å². The number of ketones is 1. The summed E-state index contributed by atoms with van der Waals surface area (Å²) in [5.41, 5.74) is 0. The SMILES string of the molecule is COC(=O)COCCOCCOC(=O)CCC(=O)C(=O)O. The lowest BCUT2D eigenvalue weighted by molar-refractivity contribution is -0.151. The maximum Gasteiger partial charge on any atom is 0.372 e. The molecule has 0 aromatic rings. The van der Waals surface area contributed by atoms with Gasteiger partial charge < -0.3 is 24.1 Å². The number of carboxylic acid groups (broad SMARTS) is 1. The van der Waals surface area contributed by atoms with Crippen molar-refractivity contribution in [2.24, 2.45) is 0 Å². The minimum Gasteiger partial charge on any atom is -0.476 e. The summed E-state index contributed by atoms with van der Waals surface area (Å²) in [4.78, 5) is 42.7. The molecule has 0 aliphatic heterocycles. The Hall–Kier alpha value is -2.00. The van der Waals surface area contributed by atoms with Crippen LogP contribution in [0.2, 0.25) is 0 Å². The summed E-state index contributed by atoms with van der Waals surface area (Å²) < 4.78 is 19.0. The molecule has 0 amide bonds. The number of esters is 2. The monoisotopic (exact) mass is 306 g/mol. The normalized spacial score (nSPS) is 9.95. The Labute approximate surface area is 121 Å². The van der Waals surface area contributed by atoms with E-state index in [1.54, 1.807) is 0 Å². The van der Waals surface area contributed by atoms with E-state index in [9.17, 15) is 19.2 Å². The molecule has 0 fully saturated rings. The van der Waals surface area contributed by atoms with Gasteiger partial charge in [0.2, 0.25) is 5.78 Å². The molecule has 0 atom stereocenters. The van der Waals surface area contributed by atoms with Crippen LogP contribution in [0.4, 0.5) is 0 Å². The zero-order valence-corrected chi connectivity index (χ0v) is 11.7. The van der Waals surface area contributed by atoms with Crippen LogP contribution in [0.5, 0.6) is 0 Å². The van der Waals surface area contributed by atoms with Crippen molar-refractivity contribution in [3.63, 3.8) is 0 Å². The predicted octanol–water partition coefficient (Wildman–Crippen LogP) is -0.830. The molecule has 0 radical (unpaired) electrons. The predicted molar refractivity (Wildman–Crippen MR) is 66.5 cm³/mol. The second-order valence-corrected chi connectivity index (χ2v) is 3.69. The third-order valence-corrected chi connectivity index (χ3v) is 2.11. The van der Waals surface area contributed by atoms with Crippen molar-refractivity contribution in [2.75, 3.05) is 40.1 Å². The van der Waals surface area contributed by atoms with Crippen LogP contribution in [0.25, 0.3) is 0 Å². The highest BCUT2D eigenvalue weighted by Crippen LogP contribution is 1.95. The summed E-state index contributed by atoms with van der Waals surface area (Å²) in [7, 11) is 1.25. The molecule has 0 unspecified atom stereocenters. The first-order chi connectivity index (χ1) is 9.97. The summed E-state index contributed by atoms with van der Waals surface area (Å²) in [6.45, 7) is 0.353. The molecule has 1 N–H and O–H groups in total. The quantitative estimate of drug-likeness (QED) is 0.279. The summed E-state index contributed by atoms with van der Waals surface area (Å²) in [5.74, 6) is -3.76. The van der Waals surface area contributed by atoms with Crippen molar-refractivity contribution >= 4 is 23.7 Å². The minimum atomic E-state index is -1.57. The van der Waals surface area contributed by atoms with Gasteiger partial charge in [-0.15, -0.1) is 0 Å². The van der Waals surface area contributed by atoms with E-state index in [-0.39, 0.29) is 39.5 Å². The van der Waals surface area contributed by atoms with E-state index in [0.29, 0.717) is 0 Å². The molecule has 120 valence electrons. The second-order valence-electron chi connectivity index (χ2n) is 3.69. The highest BCUT2D eigenvalue weighted by atomic mass is 16.6. The van der Waals surface area contributed by atoms with Gasteiger partial charge in [-0.05, 0) is 0 Å². The zero-order chi connectivity index (χ0) is 16.1.